The third-order valence-electron chi connectivity index (χ3n) is 4.85. The summed E-state index contributed by atoms with van der Waals surface area (Å²) in [6.07, 6.45) is -2.08. The number of alkyl halides is 3. The average Bonchev–Trinajstić information content (AvgIpc) is 3.38. The van der Waals surface area contributed by atoms with E-state index in [4.69, 9.17) is 4.42 Å². The normalized spacial score (nSPS) is 17.0. The highest BCUT2D eigenvalue weighted by molar-refractivity contribution is 14.0. The van der Waals surface area contributed by atoms with Gasteiger partial charge in [0.2, 0.25) is 5.82 Å². The largest absolute Gasteiger partial charge is 0.461 e. The van der Waals surface area contributed by atoms with E-state index in [-0.39, 0.29) is 24.0 Å². The number of furan rings is 1. The Morgan fingerprint density at radius 3 is 2.67 bits per heavy atom. The number of hydrogen-bond acceptors (Lipinski definition) is 5. The van der Waals surface area contributed by atoms with Gasteiger partial charge in [-0.3, -0.25) is 15.0 Å². The number of aromatic nitrogens is 3. The van der Waals surface area contributed by atoms with Crippen LogP contribution in [0.15, 0.2) is 27.8 Å². The lowest BCUT2D eigenvalue weighted by Crippen LogP contribution is -2.56. The first-order chi connectivity index (χ1) is 13.9. The average molecular weight is 541 g/mol. The van der Waals surface area contributed by atoms with Gasteiger partial charge in [-0.1, -0.05) is 0 Å². The maximum absolute atomic E-state index is 12.9. The van der Waals surface area contributed by atoms with Crippen molar-refractivity contribution in [2.24, 2.45) is 4.99 Å². The molecule has 0 bridgehead atoms. The Labute approximate surface area is 190 Å². The lowest BCUT2D eigenvalue weighted by Gasteiger charge is -2.39. The fraction of sp³-hybridized carbons (Fsp3) is 0.611. The summed E-state index contributed by atoms with van der Waals surface area (Å²) in [4.78, 5) is 12.4. The maximum Gasteiger partial charge on any atom is 0.403 e. The molecule has 0 amide bonds. The minimum atomic E-state index is -4.20. The molecule has 30 heavy (non-hydrogen) atoms. The Morgan fingerprint density at radius 2 is 2.07 bits per heavy atom. The van der Waals surface area contributed by atoms with Crippen molar-refractivity contribution in [1.82, 2.24) is 30.3 Å². The number of aromatic amines is 1. The van der Waals surface area contributed by atoms with Crippen LogP contribution in [-0.2, 0) is 6.42 Å². The quantitative estimate of drug-likeness (QED) is 0.333. The minimum absolute atomic E-state index is 0. The van der Waals surface area contributed by atoms with E-state index >= 15 is 0 Å². The van der Waals surface area contributed by atoms with E-state index in [2.05, 4.69) is 25.5 Å². The number of aliphatic imine (C=N–C) groups is 1. The Balaban J connectivity index is 0.00000320. The van der Waals surface area contributed by atoms with Crippen LogP contribution in [0.1, 0.15) is 19.7 Å². The van der Waals surface area contributed by atoms with Crippen LogP contribution in [0.3, 0.4) is 0 Å². The van der Waals surface area contributed by atoms with Crippen molar-refractivity contribution in [3.8, 4) is 11.6 Å². The Bertz CT molecular complexity index is 786. The molecule has 0 aromatic carbocycles. The molecule has 0 aliphatic carbocycles. The zero-order valence-corrected chi connectivity index (χ0v) is 19.3. The van der Waals surface area contributed by atoms with Gasteiger partial charge in [0.25, 0.3) is 0 Å². The van der Waals surface area contributed by atoms with Crippen molar-refractivity contribution < 1.29 is 17.6 Å². The summed E-state index contributed by atoms with van der Waals surface area (Å²) in [5.41, 5.74) is 0. The Hall–Kier alpha value is -1.83. The SMILES string of the molecule is CCNC(=NCCc1nc(-c2ccco2)n[nH]1)N1CCN(C(C)C(F)(F)F)CC1.I. The summed E-state index contributed by atoms with van der Waals surface area (Å²) in [7, 11) is 0. The van der Waals surface area contributed by atoms with Crippen molar-refractivity contribution in [1.29, 1.82) is 0 Å². The number of guanidine groups is 1. The molecule has 1 saturated heterocycles. The molecule has 8 nitrogen and oxygen atoms in total. The van der Waals surface area contributed by atoms with Crippen LogP contribution >= 0.6 is 24.0 Å². The van der Waals surface area contributed by atoms with Gasteiger partial charge in [-0.15, -0.1) is 24.0 Å². The van der Waals surface area contributed by atoms with Crippen LogP contribution < -0.4 is 5.32 Å². The molecule has 0 spiro atoms. The first-order valence-electron chi connectivity index (χ1n) is 9.67. The van der Waals surface area contributed by atoms with Crippen LogP contribution in [0, 0.1) is 0 Å². The van der Waals surface area contributed by atoms with E-state index in [1.54, 1.807) is 18.4 Å². The summed E-state index contributed by atoms with van der Waals surface area (Å²) in [5.74, 6) is 2.49. The van der Waals surface area contributed by atoms with Gasteiger partial charge in [0, 0.05) is 45.7 Å². The van der Waals surface area contributed by atoms with Crippen LogP contribution in [0.2, 0.25) is 0 Å². The molecule has 0 saturated carbocycles. The first-order valence-corrected chi connectivity index (χ1v) is 9.67. The van der Waals surface area contributed by atoms with Crippen molar-refractivity contribution in [2.45, 2.75) is 32.5 Å². The van der Waals surface area contributed by atoms with Gasteiger partial charge in [-0.2, -0.15) is 18.3 Å². The highest BCUT2D eigenvalue weighted by Gasteiger charge is 2.41. The topological polar surface area (TPSA) is 85.6 Å². The number of nitrogens with zero attached hydrogens (tertiary/aromatic N) is 5. The highest BCUT2D eigenvalue weighted by atomic mass is 127. The van der Waals surface area contributed by atoms with Gasteiger partial charge in [0.1, 0.15) is 11.9 Å². The summed E-state index contributed by atoms with van der Waals surface area (Å²) in [6, 6.07) is 2.13. The number of halogens is 4. The molecular formula is C18H27F3IN7O. The molecule has 2 N–H and O–H groups in total. The molecule has 1 aliphatic heterocycles. The fourth-order valence-corrected chi connectivity index (χ4v) is 3.14. The summed E-state index contributed by atoms with van der Waals surface area (Å²) < 4.78 is 44.0. The smallest absolute Gasteiger partial charge is 0.403 e. The lowest BCUT2D eigenvalue weighted by atomic mass is 10.2. The summed E-state index contributed by atoms with van der Waals surface area (Å²) in [6.45, 7) is 6.03. The van der Waals surface area contributed by atoms with Crippen molar-refractivity contribution in [3.63, 3.8) is 0 Å². The fourth-order valence-electron chi connectivity index (χ4n) is 3.14. The van der Waals surface area contributed by atoms with Gasteiger partial charge >= 0.3 is 6.18 Å². The summed E-state index contributed by atoms with van der Waals surface area (Å²) >= 11 is 0. The van der Waals surface area contributed by atoms with Gasteiger partial charge in [0.15, 0.2) is 11.7 Å². The van der Waals surface area contributed by atoms with E-state index in [1.807, 2.05) is 11.8 Å². The highest BCUT2D eigenvalue weighted by Crippen LogP contribution is 2.25. The van der Waals surface area contributed by atoms with Gasteiger partial charge in [-0.25, -0.2) is 4.98 Å². The Morgan fingerprint density at radius 1 is 1.33 bits per heavy atom. The second-order valence-electron chi connectivity index (χ2n) is 6.81. The van der Waals surface area contributed by atoms with Gasteiger partial charge < -0.3 is 14.6 Å². The number of piperazine rings is 1. The molecule has 168 valence electrons. The molecule has 0 radical (unpaired) electrons. The number of nitrogens with one attached hydrogen (secondary N) is 2. The van der Waals surface area contributed by atoms with E-state index in [0.717, 1.165) is 0 Å². The zero-order valence-electron chi connectivity index (χ0n) is 16.9. The minimum Gasteiger partial charge on any atom is -0.461 e. The third-order valence-corrected chi connectivity index (χ3v) is 4.85. The molecule has 2 aromatic rings. The molecule has 1 fully saturated rings. The second kappa shape index (κ2) is 11.0. The van der Waals surface area contributed by atoms with E-state index < -0.39 is 12.2 Å². The zero-order chi connectivity index (χ0) is 20.9. The maximum atomic E-state index is 12.9. The van der Waals surface area contributed by atoms with E-state index in [1.165, 1.54) is 11.8 Å². The van der Waals surface area contributed by atoms with Crippen molar-refractivity contribution >= 4 is 29.9 Å². The monoisotopic (exact) mass is 541 g/mol. The molecule has 12 heteroatoms. The molecule has 1 unspecified atom stereocenters. The van der Waals surface area contributed by atoms with E-state index in [9.17, 15) is 13.2 Å². The molecule has 3 rings (SSSR count). The molecule has 2 aromatic heterocycles. The van der Waals surface area contributed by atoms with Gasteiger partial charge in [-0.05, 0) is 26.0 Å². The van der Waals surface area contributed by atoms with Crippen molar-refractivity contribution in [3.05, 3.63) is 24.2 Å². The predicted octanol–water partition coefficient (Wildman–Crippen LogP) is 2.76. The Kier molecular flexibility index (Phi) is 8.94. The van der Waals surface area contributed by atoms with Crippen LogP contribution in [0.25, 0.3) is 11.6 Å². The number of rotatable bonds is 6. The molecule has 3 heterocycles. The summed E-state index contributed by atoms with van der Waals surface area (Å²) in [5, 5.41) is 10.2. The van der Waals surface area contributed by atoms with Crippen molar-refractivity contribution in [2.75, 3.05) is 39.3 Å². The molecule has 1 atom stereocenters. The van der Waals surface area contributed by atoms with Gasteiger partial charge in [0.05, 0.1) is 6.26 Å². The number of H-pyrrole nitrogens is 1. The first kappa shape index (κ1) is 24.4. The van der Waals surface area contributed by atoms with E-state index in [0.29, 0.717) is 69.1 Å². The van der Waals surface area contributed by atoms with Crippen LogP contribution in [0.4, 0.5) is 13.2 Å². The third kappa shape index (κ3) is 6.33. The van der Waals surface area contributed by atoms with Crippen LogP contribution in [0.5, 0.6) is 0 Å². The molecule has 1 aliphatic rings. The standard InChI is InChI=1S/C18H26F3N7O.HI/c1-3-22-17(28-10-8-27(9-11-28)13(2)18(19,20)21)23-7-6-15-24-16(26-25-15)14-5-4-12-29-14;/h4-5,12-13H,3,6-11H2,1-2H3,(H,22,23)(H,24,25,26);1H. The number of hydrogen-bond donors (Lipinski definition) is 2. The van der Waals surface area contributed by atoms with Crippen LogP contribution in [-0.4, -0.2) is 82.4 Å². The predicted molar refractivity (Wildman–Crippen MR) is 118 cm³/mol. The molecular weight excluding hydrogens is 514 g/mol. The lowest BCUT2D eigenvalue weighted by molar-refractivity contribution is -0.181. The second-order valence-corrected chi connectivity index (χ2v) is 6.81.